The summed E-state index contributed by atoms with van der Waals surface area (Å²) >= 11 is 0. The number of rotatable bonds is 6. The number of carbonyl (C=O) groups is 1. The first-order valence-electron chi connectivity index (χ1n) is 9.33. The number of nitrogens with one attached hydrogen (secondary N) is 1. The Labute approximate surface area is 170 Å². The molecule has 0 aromatic heterocycles. The third-order valence-electron chi connectivity index (χ3n) is 4.83. The van der Waals surface area contributed by atoms with E-state index < -0.39 is 10.0 Å². The Kier molecular flexibility index (Phi) is 6.39. The van der Waals surface area contributed by atoms with E-state index in [0.717, 1.165) is 5.69 Å². The number of anilines is 2. The predicted octanol–water partition coefficient (Wildman–Crippen LogP) is 2.69. The minimum absolute atomic E-state index is 0.0972. The molecule has 0 atom stereocenters. The molecule has 3 rings (SSSR count). The highest BCUT2D eigenvalue weighted by molar-refractivity contribution is 7.89. The van der Waals surface area contributed by atoms with Crippen LogP contribution in [0.25, 0.3) is 0 Å². The molecule has 1 aliphatic rings. The number of nitrogens with zero attached hydrogens (tertiary/aromatic N) is 2. The van der Waals surface area contributed by atoms with Crippen molar-refractivity contribution >= 4 is 27.3 Å². The molecular formula is C20H24FN3O4S. The zero-order valence-corrected chi connectivity index (χ0v) is 17.2. The number of methoxy groups -OCH3 is 1. The standard InChI is InChI=1S/C20H24FN3O4S/c1-3-20(25)22-18-14-17(8-9-19(18)28-2)29(26,27)24-12-10-23(11-13-24)16-6-4-15(21)5-7-16/h4-9,14H,3,10-13H2,1-2H3,(H,22,25). The molecule has 1 aliphatic heterocycles. The molecule has 1 N–H and O–H groups in total. The van der Waals surface area contributed by atoms with Crippen molar-refractivity contribution in [1.29, 1.82) is 0 Å². The third kappa shape index (κ3) is 4.68. The second-order valence-electron chi connectivity index (χ2n) is 6.63. The number of ether oxygens (including phenoxy) is 1. The van der Waals surface area contributed by atoms with Gasteiger partial charge in [0, 0.05) is 38.3 Å². The smallest absolute Gasteiger partial charge is 0.243 e. The van der Waals surface area contributed by atoms with Crippen molar-refractivity contribution in [3.63, 3.8) is 0 Å². The Hall–Kier alpha value is -2.65. The van der Waals surface area contributed by atoms with Crippen LogP contribution in [0.3, 0.4) is 0 Å². The molecule has 0 spiro atoms. The van der Waals surface area contributed by atoms with Crippen LogP contribution in [0.2, 0.25) is 0 Å². The van der Waals surface area contributed by atoms with E-state index in [1.807, 2.05) is 4.90 Å². The molecule has 7 nitrogen and oxygen atoms in total. The second kappa shape index (κ2) is 8.79. The number of hydrogen-bond donors (Lipinski definition) is 1. The maximum absolute atomic E-state index is 13.1. The highest BCUT2D eigenvalue weighted by Gasteiger charge is 2.29. The molecule has 29 heavy (non-hydrogen) atoms. The maximum atomic E-state index is 13.1. The Morgan fingerprint density at radius 1 is 1.10 bits per heavy atom. The zero-order chi connectivity index (χ0) is 21.0. The van der Waals surface area contributed by atoms with E-state index in [2.05, 4.69) is 5.32 Å². The second-order valence-corrected chi connectivity index (χ2v) is 8.57. The number of sulfonamides is 1. The summed E-state index contributed by atoms with van der Waals surface area (Å²) in [6, 6.07) is 10.6. The van der Waals surface area contributed by atoms with Crippen molar-refractivity contribution in [3.05, 3.63) is 48.3 Å². The third-order valence-corrected chi connectivity index (χ3v) is 6.73. The summed E-state index contributed by atoms with van der Waals surface area (Å²) in [5.41, 5.74) is 1.18. The number of carbonyl (C=O) groups excluding carboxylic acids is 1. The largest absolute Gasteiger partial charge is 0.495 e. The van der Waals surface area contributed by atoms with Gasteiger partial charge in [-0.15, -0.1) is 0 Å². The van der Waals surface area contributed by atoms with Crippen molar-refractivity contribution < 1.29 is 22.3 Å². The molecule has 0 saturated carbocycles. The van der Waals surface area contributed by atoms with E-state index in [1.54, 1.807) is 19.1 Å². The van der Waals surface area contributed by atoms with Crippen LogP contribution in [0, 0.1) is 5.82 Å². The lowest BCUT2D eigenvalue weighted by molar-refractivity contribution is -0.115. The molecule has 156 valence electrons. The topological polar surface area (TPSA) is 79.0 Å². The molecule has 1 fully saturated rings. The van der Waals surface area contributed by atoms with Gasteiger partial charge in [0.2, 0.25) is 15.9 Å². The van der Waals surface area contributed by atoms with Gasteiger partial charge in [0.25, 0.3) is 0 Å². The molecule has 2 aromatic carbocycles. The molecule has 0 unspecified atom stereocenters. The van der Waals surface area contributed by atoms with Crippen LogP contribution in [0.5, 0.6) is 5.75 Å². The molecule has 2 aromatic rings. The van der Waals surface area contributed by atoms with Gasteiger partial charge in [-0.3, -0.25) is 4.79 Å². The highest BCUT2D eigenvalue weighted by Crippen LogP contribution is 2.30. The summed E-state index contributed by atoms with van der Waals surface area (Å²) in [6.07, 6.45) is 0.269. The molecule has 1 amide bonds. The van der Waals surface area contributed by atoms with Crippen LogP contribution >= 0.6 is 0 Å². The van der Waals surface area contributed by atoms with Crippen LogP contribution in [-0.4, -0.2) is 51.9 Å². The summed E-state index contributed by atoms with van der Waals surface area (Å²) in [4.78, 5) is 13.9. The lowest BCUT2D eigenvalue weighted by Crippen LogP contribution is -2.48. The monoisotopic (exact) mass is 421 g/mol. The summed E-state index contributed by atoms with van der Waals surface area (Å²) in [7, 11) is -2.27. The number of amides is 1. The van der Waals surface area contributed by atoms with Gasteiger partial charge in [0.15, 0.2) is 0 Å². The van der Waals surface area contributed by atoms with Crippen molar-refractivity contribution in [2.75, 3.05) is 43.5 Å². The van der Waals surface area contributed by atoms with E-state index in [-0.39, 0.29) is 23.0 Å². The SMILES string of the molecule is CCC(=O)Nc1cc(S(=O)(=O)N2CCN(c3ccc(F)cc3)CC2)ccc1OC. The minimum Gasteiger partial charge on any atom is -0.495 e. The summed E-state index contributed by atoms with van der Waals surface area (Å²) < 4.78 is 45.9. The van der Waals surface area contributed by atoms with Crippen molar-refractivity contribution in [1.82, 2.24) is 4.31 Å². The lowest BCUT2D eigenvalue weighted by atomic mass is 10.2. The Balaban J connectivity index is 1.76. The Morgan fingerprint density at radius 3 is 2.34 bits per heavy atom. The van der Waals surface area contributed by atoms with E-state index >= 15 is 0 Å². The summed E-state index contributed by atoms with van der Waals surface area (Å²) in [6.45, 7) is 3.33. The van der Waals surface area contributed by atoms with E-state index in [0.29, 0.717) is 37.6 Å². The van der Waals surface area contributed by atoms with Crippen molar-refractivity contribution in [3.8, 4) is 5.75 Å². The Bertz CT molecular complexity index is 972. The molecule has 0 bridgehead atoms. The van der Waals surface area contributed by atoms with Gasteiger partial charge >= 0.3 is 0 Å². The van der Waals surface area contributed by atoms with E-state index in [4.69, 9.17) is 4.74 Å². The quantitative estimate of drug-likeness (QED) is 0.776. The fourth-order valence-electron chi connectivity index (χ4n) is 3.17. The van der Waals surface area contributed by atoms with Crippen LogP contribution in [0.4, 0.5) is 15.8 Å². The molecule has 0 radical (unpaired) electrons. The van der Waals surface area contributed by atoms with Gasteiger partial charge in [0.05, 0.1) is 17.7 Å². The average Bonchev–Trinajstić information content (AvgIpc) is 2.74. The number of halogens is 1. The van der Waals surface area contributed by atoms with Gasteiger partial charge < -0.3 is 15.0 Å². The normalized spacial score (nSPS) is 15.2. The van der Waals surface area contributed by atoms with Crippen LogP contribution < -0.4 is 15.0 Å². The van der Waals surface area contributed by atoms with Gasteiger partial charge in [0.1, 0.15) is 11.6 Å². The maximum Gasteiger partial charge on any atom is 0.243 e. The number of benzene rings is 2. The fourth-order valence-corrected chi connectivity index (χ4v) is 4.62. The Morgan fingerprint density at radius 2 is 1.76 bits per heavy atom. The van der Waals surface area contributed by atoms with Gasteiger partial charge in [-0.05, 0) is 42.5 Å². The molecule has 1 heterocycles. The molecule has 1 saturated heterocycles. The molecule has 9 heteroatoms. The summed E-state index contributed by atoms with van der Waals surface area (Å²) in [5.74, 6) is -0.141. The lowest BCUT2D eigenvalue weighted by Gasteiger charge is -2.35. The zero-order valence-electron chi connectivity index (χ0n) is 16.4. The van der Waals surface area contributed by atoms with E-state index in [1.165, 1.54) is 41.7 Å². The van der Waals surface area contributed by atoms with Gasteiger partial charge in [-0.25, -0.2) is 12.8 Å². The number of hydrogen-bond acceptors (Lipinski definition) is 5. The van der Waals surface area contributed by atoms with Crippen molar-refractivity contribution in [2.24, 2.45) is 0 Å². The van der Waals surface area contributed by atoms with Crippen LogP contribution in [0.15, 0.2) is 47.4 Å². The molecule has 0 aliphatic carbocycles. The summed E-state index contributed by atoms with van der Waals surface area (Å²) in [5, 5.41) is 2.67. The first-order chi connectivity index (χ1) is 13.8. The van der Waals surface area contributed by atoms with Crippen LogP contribution in [0.1, 0.15) is 13.3 Å². The highest BCUT2D eigenvalue weighted by atomic mass is 32.2. The minimum atomic E-state index is -3.72. The van der Waals surface area contributed by atoms with E-state index in [9.17, 15) is 17.6 Å². The van der Waals surface area contributed by atoms with Crippen molar-refractivity contribution in [2.45, 2.75) is 18.2 Å². The van der Waals surface area contributed by atoms with Gasteiger partial charge in [-0.1, -0.05) is 6.92 Å². The molecular weight excluding hydrogens is 397 g/mol. The predicted molar refractivity (Wildman–Crippen MR) is 109 cm³/mol. The van der Waals surface area contributed by atoms with Crippen LogP contribution in [-0.2, 0) is 14.8 Å². The average molecular weight is 421 g/mol. The first-order valence-corrected chi connectivity index (χ1v) is 10.8. The fraction of sp³-hybridized carbons (Fsp3) is 0.350. The van der Waals surface area contributed by atoms with Gasteiger partial charge in [-0.2, -0.15) is 4.31 Å². The first kappa shape index (κ1) is 21.1. The number of piperazine rings is 1.